The van der Waals surface area contributed by atoms with Gasteiger partial charge in [-0.1, -0.05) is 6.92 Å². The van der Waals surface area contributed by atoms with Gasteiger partial charge in [0.15, 0.2) is 0 Å². The van der Waals surface area contributed by atoms with E-state index in [-0.39, 0.29) is 12.5 Å². The summed E-state index contributed by atoms with van der Waals surface area (Å²) in [4.78, 5) is 10.8. The van der Waals surface area contributed by atoms with E-state index in [1.807, 2.05) is 6.92 Å². The summed E-state index contributed by atoms with van der Waals surface area (Å²) in [6.45, 7) is 3.93. The lowest BCUT2D eigenvalue weighted by Crippen LogP contribution is -2.35. The Kier molecular flexibility index (Phi) is 5.66. The molecule has 0 aromatic carbocycles. The van der Waals surface area contributed by atoms with Crippen LogP contribution in [-0.4, -0.2) is 29.8 Å². The summed E-state index contributed by atoms with van der Waals surface area (Å²) in [6, 6.07) is -0.339. The van der Waals surface area contributed by atoms with Crippen molar-refractivity contribution in [3.8, 4) is 0 Å². The molecule has 0 aliphatic heterocycles. The number of nitrogens with two attached hydrogens (primary N) is 1. The van der Waals surface area contributed by atoms with Crippen LogP contribution in [0, 0.1) is 0 Å². The van der Waals surface area contributed by atoms with E-state index in [0.29, 0.717) is 13.0 Å². The Balaban J connectivity index is 3.67. The molecule has 2 atom stereocenters. The van der Waals surface area contributed by atoms with E-state index in [0.717, 1.165) is 0 Å². The zero-order chi connectivity index (χ0) is 9.56. The number of rotatable bonds is 5. The monoisotopic (exact) mass is 175 g/mol. The molecule has 2 unspecified atom stereocenters. The topological polar surface area (TPSA) is 72.5 Å². The summed E-state index contributed by atoms with van der Waals surface area (Å²) in [7, 11) is 0. The zero-order valence-electron chi connectivity index (χ0n) is 7.62. The van der Waals surface area contributed by atoms with Gasteiger partial charge in [-0.2, -0.15) is 0 Å². The van der Waals surface area contributed by atoms with Crippen molar-refractivity contribution >= 4 is 5.97 Å². The molecule has 3 N–H and O–H groups in total. The van der Waals surface area contributed by atoms with Gasteiger partial charge in [-0.25, -0.2) is 0 Å². The number of aliphatic hydroxyl groups excluding tert-OH is 1. The Morgan fingerprint density at radius 3 is 2.58 bits per heavy atom. The Morgan fingerprint density at radius 2 is 2.17 bits per heavy atom. The number of hydrogen-bond donors (Lipinski definition) is 2. The van der Waals surface area contributed by atoms with Crippen molar-refractivity contribution in [3.05, 3.63) is 0 Å². The highest BCUT2D eigenvalue weighted by Gasteiger charge is 2.17. The van der Waals surface area contributed by atoms with Crippen LogP contribution in [0.1, 0.15) is 26.7 Å². The van der Waals surface area contributed by atoms with Crippen molar-refractivity contribution in [2.45, 2.75) is 38.8 Å². The molecular weight excluding hydrogens is 158 g/mol. The molecule has 0 radical (unpaired) electrons. The lowest BCUT2D eigenvalue weighted by Gasteiger charge is -2.15. The second kappa shape index (κ2) is 5.97. The van der Waals surface area contributed by atoms with Crippen LogP contribution in [0.15, 0.2) is 0 Å². The third-order valence-electron chi connectivity index (χ3n) is 1.65. The largest absolute Gasteiger partial charge is 0.466 e. The molecule has 0 saturated heterocycles. The molecule has 0 aliphatic rings. The molecule has 12 heavy (non-hydrogen) atoms. The van der Waals surface area contributed by atoms with E-state index in [2.05, 4.69) is 4.74 Å². The van der Waals surface area contributed by atoms with Gasteiger partial charge in [0.2, 0.25) is 0 Å². The van der Waals surface area contributed by atoms with Crippen molar-refractivity contribution in [2.75, 3.05) is 6.61 Å². The van der Waals surface area contributed by atoms with Gasteiger partial charge in [0.25, 0.3) is 0 Å². The first-order valence-corrected chi connectivity index (χ1v) is 4.21. The summed E-state index contributed by atoms with van der Waals surface area (Å²) >= 11 is 0. The molecule has 0 rings (SSSR count). The predicted octanol–water partition coefficient (Wildman–Crippen LogP) is 0.0378. The van der Waals surface area contributed by atoms with Gasteiger partial charge >= 0.3 is 5.97 Å². The minimum Gasteiger partial charge on any atom is -0.466 e. The van der Waals surface area contributed by atoms with Gasteiger partial charge < -0.3 is 15.6 Å². The highest BCUT2D eigenvalue weighted by molar-refractivity contribution is 5.69. The Morgan fingerprint density at radius 1 is 1.58 bits per heavy atom. The summed E-state index contributed by atoms with van der Waals surface area (Å²) in [5.74, 6) is -0.395. The molecule has 0 bridgehead atoms. The van der Waals surface area contributed by atoms with Gasteiger partial charge in [0, 0.05) is 6.04 Å². The second-order valence-electron chi connectivity index (χ2n) is 2.65. The van der Waals surface area contributed by atoms with Gasteiger partial charge in [-0.05, 0) is 13.3 Å². The van der Waals surface area contributed by atoms with Gasteiger partial charge in [-0.15, -0.1) is 0 Å². The summed E-state index contributed by atoms with van der Waals surface area (Å²) < 4.78 is 4.65. The first-order valence-electron chi connectivity index (χ1n) is 4.21. The zero-order valence-corrected chi connectivity index (χ0v) is 7.62. The number of carbonyl (C=O) groups excluding carboxylic acids is 1. The molecule has 0 saturated carbocycles. The molecule has 0 amide bonds. The van der Waals surface area contributed by atoms with Crippen LogP contribution in [0.4, 0.5) is 0 Å². The highest BCUT2D eigenvalue weighted by Crippen LogP contribution is 2.01. The number of esters is 1. The van der Waals surface area contributed by atoms with E-state index in [1.165, 1.54) is 0 Å². The van der Waals surface area contributed by atoms with Crippen molar-refractivity contribution in [3.63, 3.8) is 0 Å². The van der Waals surface area contributed by atoms with Crippen molar-refractivity contribution in [2.24, 2.45) is 5.73 Å². The summed E-state index contributed by atoms with van der Waals surface area (Å²) in [5.41, 5.74) is 5.50. The van der Waals surface area contributed by atoms with E-state index in [4.69, 9.17) is 5.73 Å². The van der Waals surface area contributed by atoms with Gasteiger partial charge in [0.1, 0.15) is 0 Å². The number of aliphatic hydroxyl groups is 1. The van der Waals surface area contributed by atoms with Gasteiger partial charge in [-0.3, -0.25) is 4.79 Å². The van der Waals surface area contributed by atoms with E-state index >= 15 is 0 Å². The van der Waals surface area contributed by atoms with Crippen LogP contribution >= 0.6 is 0 Å². The predicted molar refractivity (Wildman–Crippen MR) is 45.5 cm³/mol. The average molecular weight is 175 g/mol. The van der Waals surface area contributed by atoms with Crippen LogP contribution in [0.5, 0.6) is 0 Å². The molecule has 0 aromatic rings. The molecule has 0 fully saturated rings. The van der Waals surface area contributed by atoms with E-state index in [1.54, 1.807) is 6.92 Å². The quantitative estimate of drug-likeness (QED) is 0.578. The fourth-order valence-corrected chi connectivity index (χ4v) is 0.814. The van der Waals surface area contributed by atoms with Crippen LogP contribution in [0.3, 0.4) is 0 Å². The maximum absolute atomic E-state index is 10.8. The first-order chi connectivity index (χ1) is 5.61. The number of carbonyl (C=O) groups is 1. The minimum atomic E-state index is -0.783. The Labute approximate surface area is 72.7 Å². The standard InChI is InChI=1S/C8H17NO3/c1-3-6(9)7(10)5-8(11)12-4-2/h6-7,10H,3-5,9H2,1-2H3. The molecular formula is C8H17NO3. The maximum atomic E-state index is 10.8. The van der Waals surface area contributed by atoms with E-state index < -0.39 is 12.1 Å². The smallest absolute Gasteiger partial charge is 0.308 e. The Hall–Kier alpha value is -0.610. The van der Waals surface area contributed by atoms with Crippen LogP contribution in [0.25, 0.3) is 0 Å². The number of hydrogen-bond acceptors (Lipinski definition) is 4. The lowest BCUT2D eigenvalue weighted by atomic mass is 10.1. The number of ether oxygens (including phenoxy) is 1. The summed E-state index contributed by atoms with van der Waals surface area (Å²) in [5, 5.41) is 9.29. The SMILES string of the molecule is CCOC(=O)CC(O)C(N)CC. The second-order valence-corrected chi connectivity index (χ2v) is 2.65. The lowest BCUT2D eigenvalue weighted by molar-refractivity contribution is -0.145. The normalized spacial score (nSPS) is 15.3. The molecule has 0 heterocycles. The van der Waals surface area contributed by atoms with Crippen molar-refractivity contribution in [1.29, 1.82) is 0 Å². The Bertz CT molecular complexity index is 138. The molecule has 0 aromatic heterocycles. The third kappa shape index (κ3) is 4.31. The van der Waals surface area contributed by atoms with Crippen molar-refractivity contribution < 1.29 is 14.6 Å². The molecule has 4 heteroatoms. The summed E-state index contributed by atoms with van der Waals surface area (Å²) in [6.07, 6.45) is -0.141. The van der Waals surface area contributed by atoms with Crippen LogP contribution in [-0.2, 0) is 9.53 Å². The molecule has 0 spiro atoms. The van der Waals surface area contributed by atoms with E-state index in [9.17, 15) is 9.90 Å². The highest BCUT2D eigenvalue weighted by atomic mass is 16.5. The average Bonchev–Trinajstić information content (AvgIpc) is 2.03. The van der Waals surface area contributed by atoms with Crippen LogP contribution < -0.4 is 5.73 Å². The van der Waals surface area contributed by atoms with Crippen molar-refractivity contribution in [1.82, 2.24) is 0 Å². The third-order valence-corrected chi connectivity index (χ3v) is 1.65. The minimum absolute atomic E-state index is 0.0111. The first kappa shape index (κ1) is 11.4. The maximum Gasteiger partial charge on any atom is 0.308 e. The fraction of sp³-hybridized carbons (Fsp3) is 0.875. The van der Waals surface area contributed by atoms with Crippen LogP contribution in [0.2, 0.25) is 0 Å². The van der Waals surface area contributed by atoms with Gasteiger partial charge in [0.05, 0.1) is 19.1 Å². The molecule has 72 valence electrons. The fourth-order valence-electron chi connectivity index (χ4n) is 0.814. The molecule has 0 aliphatic carbocycles. The molecule has 4 nitrogen and oxygen atoms in total.